The average molecular weight is 303 g/mol. The zero-order chi connectivity index (χ0) is 15.1. The van der Waals surface area contributed by atoms with E-state index in [0.717, 1.165) is 16.9 Å². The monoisotopic (exact) mass is 302 g/mol. The van der Waals surface area contributed by atoms with E-state index in [1.165, 1.54) is 0 Å². The predicted octanol–water partition coefficient (Wildman–Crippen LogP) is 2.53. The second-order valence-corrected chi connectivity index (χ2v) is 4.69. The molecule has 0 unspecified atom stereocenters. The first-order valence-electron chi connectivity index (χ1n) is 6.23. The summed E-state index contributed by atoms with van der Waals surface area (Å²) < 4.78 is 5.67. The van der Waals surface area contributed by atoms with E-state index in [4.69, 9.17) is 27.8 Å². The van der Waals surface area contributed by atoms with Crippen LogP contribution in [0.5, 0.6) is 5.75 Å². The van der Waals surface area contributed by atoms with Gasteiger partial charge in [0.15, 0.2) is 0 Å². The molecule has 0 atom stereocenters. The van der Waals surface area contributed by atoms with Gasteiger partial charge in [0.05, 0.1) is 6.21 Å². The molecule has 0 fully saturated rings. The van der Waals surface area contributed by atoms with Crippen LogP contribution in [-0.4, -0.2) is 12.2 Å². The van der Waals surface area contributed by atoms with Crippen molar-refractivity contribution in [2.45, 2.75) is 6.61 Å². The number of benzene rings is 2. The summed E-state index contributed by atoms with van der Waals surface area (Å²) in [6.07, 6.45) is 1.56. The maximum atomic E-state index is 5.92. The fourth-order valence-corrected chi connectivity index (χ4v) is 1.82. The SMILES string of the molecule is NC(N)=NN=Cc1ccc(OCc2cccc(Cl)c2)cc1. The molecule has 0 spiro atoms. The minimum absolute atomic E-state index is 0.0762. The molecule has 0 aliphatic heterocycles. The summed E-state index contributed by atoms with van der Waals surface area (Å²) in [5.74, 6) is 0.682. The number of ether oxygens (including phenoxy) is 1. The van der Waals surface area contributed by atoms with Gasteiger partial charge in [-0.15, -0.1) is 5.10 Å². The summed E-state index contributed by atoms with van der Waals surface area (Å²) in [5.41, 5.74) is 12.2. The first-order chi connectivity index (χ1) is 10.1. The Bertz CT molecular complexity index is 649. The lowest BCUT2D eigenvalue weighted by atomic mass is 10.2. The molecule has 108 valence electrons. The van der Waals surface area contributed by atoms with E-state index in [1.807, 2.05) is 48.5 Å². The molecule has 0 saturated heterocycles. The summed E-state index contributed by atoms with van der Waals surface area (Å²) in [6.45, 7) is 0.460. The molecule has 0 saturated carbocycles. The van der Waals surface area contributed by atoms with Gasteiger partial charge in [-0.05, 0) is 47.5 Å². The zero-order valence-corrected chi connectivity index (χ0v) is 12.0. The van der Waals surface area contributed by atoms with Gasteiger partial charge >= 0.3 is 0 Å². The maximum absolute atomic E-state index is 5.92. The molecule has 0 aliphatic carbocycles. The van der Waals surface area contributed by atoms with Gasteiger partial charge in [0.1, 0.15) is 12.4 Å². The number of rotatable bonds is 5. The van der Waals surface area contributed by atoms with Gasteiger partial charge in [0.2, 0.25) is 5.96 Å². The largest absolute Gasteiger partial charge is 0.489 e. The topological polar surface area (TPSA) is 86.0 Å². The second-order valence-electron chi connectivity index (χ2n) is 4.26. The van der Waals surface area contributed by atoms with Crippen molar-refractivity contribution < 1.29 is 4.74 Å². The van der Waals surface area contributed by atoms with E-state index < -0.39 is 0 Å². The van der Waals surface area contributed by atoms with Crippen LogP contribution in [0.25, 0.3) is 0 Å². The van der Waals surface area contributed by atoms with Crippen LogP contribution >= 0.6 is 11.6 Å². The average Bonchev–Trinajstić information content (AvgIpc) is 2.46. The Kier molecular flexibility index (Phi) is 5.17. The Labute approximate surface area is 127 Å². The van der Waals surface area contributed by atoms with Crippen LogP contribution in [0.3, 0.4) is 0 Å². The van der Waals surface area contributed by atoms with Crippen LogP contribution in [0.1, 0.15) is 11.1 Å². The number of hydrogen-bond donors (Lipinski definition) is 2. The molecule has 5 nitrogen and oxygen atoms in total. The molecule has 0 aliphatic rings. The van der Waals surface area contributed by atoms with Crippen molar-refractivity contribution in [1.29, 1.82) is 0 Å². The van der Waals surface area contributed by atoms with Crippen molar-refractivity contribution in [3.63, 3.8) is 0 Å². The van der Waals surface area contributed by atoms with Crippen molar-refractivity contribution in [3.8, 4) is 5.75 Å². The van der Waals surface area contributed by atoms with E-state index in [9.17, 15) is 0 Å². The van der Waals surface area contributed by atoms with Crippen LogP contribution < -0.4 is 16.2 Å². The third-order valence-electron chi connectivity index (χ3n) is 2.55. The Balaban J connectivity index is 1.93. The van der Waals surface area contributed by atoms with E-state index in [0.29, 0.717) is 11.6 Å². The van der Waals surface area contributed by atoms with Crippen LogP contribution in [0.15, 0.2) is 58.7 Å². The van der Waals surface area contributed by atoms with Crippen LogP contribution in [-0.2, 0) is 6.61 Å². The summed E-state index contributed by atoms with van der Waals surface area (Å²) in [6, 6.07) is 15.0. The molecule has 0 bridgehead atoms. The van der Waals surface area contributed by atoms with Gasteiger partial charge in [0, 0.05) is 5.02 Å². The van der Waals surface area contributed by atoms with Crippen molar-refractivity contribution in [1.82, 2.24) is 0 Å². The minimum atomic E-state index is -0.0762. The highest BCUT2D eigenvalue weighted by molar-refractivity contribution is 6.30. The molecular weight excluding hydrogens is 288 g/mol. The van der Waals surface area contributed by atoms with E-state index in [1.54, 1.807) is 6.21 Å². The number of halogens is 1. The molecule has 0 radical (unpaired) electrons. The third-order valence-corrected chi connectivity index (χ3v) is 2.79. The van der Waals surface area contributed by atoms with Crippen LogP contribution in [0.2, 0.25) is 5.02 Å². The van der Waals surface area contributed by atoms with E-state index in [-0.39, 0.29) is 5.96 Å². The van der Waals surface area contributed by atoms with Gasteiger partial charge in [0.25, 0.3) is 0 Å². The van der Waals surface area contributed by atoms with Gasteiger partial charge in [-0.25, -0.2) is 0 Å². The first kappa shape index (κ1) is 14.9. The number of guanidine groups is 1. The van der Waals surface area contributed by atoms with Crippen LogP contribution in [0.4, 0.5) is 0 Å². The highest BCUT2D eigenvalue weighted by atomic mass is 35.5. The van der Waals surface area contributed by atoms with Crippen molar-refractivity contribution >= 4 is 23.8 Å². The van der Waals surface area contributed by atoms with Crippen molar-refractivity contribution in [3.05, 3.63) is 64.7 Å². The quantitative estimate of drug-likeness (QED) is 0.505. The number of nitrogens with zero attached hydrogens (tertiary/aromatic N) is 2. The van der Waals surface area contributed by atoms with Gasteiger partial charge in [-0.3, -0.25) is 0 Å². The summed E-state index contributed by atoms with van der Waals surface area (Å²) in [5, 5.41) is 7.95. The molecule has 0 aromatic heterocycles. The molecule has 6 heteroatoms. The molecule has 0 amide bonds. The molecule has 21 heavy (non-hydrogen) atoms. The lowest BCUT2D eigenvalue weighted by Gasteiger charge is -2.06. The first-order valence-corrected chi connectivity index (χ1v) is 6.60. The molecule has 4 N–H and O–H groups in total. The van der Waals surface area contributed by atoms with Crippen molar-refractivity contribution in [2.24, 2.45) is 21.7 Å². The molecule has 2 aromatic carbocycles. The normalized spacial score (nSPS) is 10.5. The predicted molar refractivity (Wildman–Crippen MR) is 85.6 cm³/mol. The summed E-state index contributed by atoms with van der Waals surface area (Å²) in [7, 11) is 0. The van der Waals surface area contributed by atoms with Gasteiger partial charge in [-0.1, -0.05) is 23.7 Å². The fraction of sp³-hybridized carbons (Fsp3) is 0.0667. The zero-order valence-electron chi connectivity index (χ0n) is 11.2. The Hall–Kier alpha value is -2.53. The third kappa shape index (κ3) is 5.16. The molecule has 2 aromatic rings. The minimum Gasteiger partial charge on any atom is -0.489 e. The Morgan fingerprint density at radius 3 is 2.57 bits per heavy atom. The second kappa shape index (κ2) is 7.31. The van der Waals surface area contributed by atoms with Gasteiger partial charge in [-0.2, -0.15) is 5.10 Å². The number of hydrogen-bond acceptors (Lipinski definition) is 3. The molecular formula is C15H15ClN4O. The maximum Gasteiger partial charge on any atom is 0.211 e. The summed E-state index contributed by atoms with van der Waals surface area (Å²) in [4.78, 5) is 0. The Morgan fingerprint density at radius 2 is 1.90 bits per heavy atom. The lowest BCUT2D eigenvalue weighted by molar-refractivity contribution is 0.306. The standard InChI is InChI=1S/C15H15ClN4O/c16-13-3-1-2-12(8-13)10-21-14-6-4-11(5-7-14)9-19-20-15(17)18/h1-9H,10H2,(H4,17,18,20). The number of nitrogens with two attached hydrogens (primary N) is 2. The highest BCUT2D eigenvalue weighted by Gasteiger charge is 1.97. The lowest BCUT2D eigenvalue weighted by Crippen LogP contribution is -2.21. The summed E-state index contributed by atoms with van der Waals surface area (Å²) >= 11 is 5.92. The molecule has 0 heterocycles. The van der Waals surface area contributed by atoms with E-state index in [2.05, 4.69) is 10.2 Å². The van der Waals surface area contributed by atoms with E-state index >= 15 is 0 Å². The van der Waals surface area contributed by atoms with Crippen LogP contribution in [0, 0.1) is 0 Å². The van der Waals surface area contributed by atoms with Crippen molar-refractivity contribution in [2.75, 3.05) is 0 Å². The Morgan fingerprint density at radius 1 is 1.14 bits per heavy atom. The highest BCUT2D eigenvalue weighted by Crippen LogP contribution is 2.15. The fourth-order valence-electron chi connectivity index (χ4n) is 1.61. The molecule has 2 rings (SSSR count). The smallest absolute Gasteiger partial charge is 0.211 e. The van der Waals surface area contributed by atoms with Gasteiger partial charge < -0.3 is 16.2 Å².